The molecule has 158 valence electrons. The second kappa shape index (κ2) is 15.4. The molecule has 28 heavy (non-hydrogen) atoms. The third-order valence-corrected chi connectivity index (χ3v) is 6.18. The molecule has 0 aromatic heterocycles. The number of carbonyl (C=O) groups excluding carboxylic acids is 1. The van der Waals surface area contributed by atoms with Crippen molar-refractivity contribution in [3.05, 3.63) is 40.4 Å². The second-order valence-corrected chi connectivity index (χ2v) is 9.18. The van der Waals surface area contributed by atoms with Gasteiger partial charge < -0.3 is 9.84 Å². The van der Waals surface area contributed by atoms with E-state index in [-0.39, 0.29) is 19.2 Å². The van der Waals surface area contributed by atoms with Crippen molar-refractivity contribution in [3.63, 3.8) is 0 Å². The first-order valence-corrected chi connectivity index (χ1v) is 11.7. The van der Waals surface area contributed by atoms with Gasteiger partial charge in [-0.15, -0.1) is 23.4 Å². The first kappa shape index (κ1) is 25.6. The summed E-state index contributed by atoms with van der Waals surface area (Å²) in [5, 5.41) is 10.1. The lowest BCUT2D eigenvalue weighted by Crippen LogP contribution is -2.07. The summed E-state index contributed by atoms with van der Waals surface area (Å²) >= 11 is 19.8. The number of esters is 1. The van der Waals surface area contributed by atoms with Gasteiger partial charge >= 0.3 is 5.97 Å². The van der Waals surface area contributed by atoms with Crippen molar-refractivity contribution in [1.29, 1.82) is 0 Å². The molecule has 2 rings (SSSR count). The maximum absolute atomic E-state index is 10.8. The van der Waals surface area contributed by atoms with Crippen LogP contribution in [-0.2, 0) is 9.53 Å². The molecule has 0 saturated heterocycles. The number of alkyl halides is 1. The topological polar surface area (TPSA) is 46.5 Å². The van der Waals surface area contributed by atoms with E-state index >= 15 is 0 Å². The van der Waals surface area contributed by atoms with Crippen LogP contribution in [0.5, 0.6) is 0 Å². The number of allylic oxidation sites excluding steroid dienone is 2. The summed E-state index contributed by atoms with van der Waals surface area (Å²) in [6.45, 7) is 1.97. The Balaban J connectivity index is 0.000000295. The molecule has 0 bridgehead atoms. The number of rotatable bonds is 9. The highest BCUT2D eigenvalue weighted by atomic mass is 35.5. The predicted octanol–water partition coefficient (Wildman–Crippen LogP) is 6.76. The quantitative estimate of drug-likeness (QED) is 0.143. The first-order chi connectivity index (χ1) is 13.4. The highest BCUT2D eigenvalue weighted by molar-refractivity contribution is 7.99. The fourth-order valence-electron chi connectivity index (χ4n) is 2.75. The summed E-state index contributed by atoms with van der Waals surface area (Å²) in [5.41, 5.74) is 0. The molecule has 0 aliphatic heterocycles. The summed E-state index contributed by atoms with van der Waals surface area (Å²) in [6.07, 6.45) is 9.67. The number of aliphatic hydroxyl groups excluding tert-OH is 1. The van der Waals surface area contributed by atoms with Gasteiger partial charge in [0.2, 0.25) is 0 Å². The number of aliphatic hydroxyl groups is 1. The van der Waals surface area contributed by atoms with Crippen LogP contribution in [0.15, 0.2) is 35.2 Å². The lowest BCUT2D eigenvalue weighted by atomic mass is 10.1. The summed E-state index contributed by atoms with van der Waals surface area (Å²) < 4.78 is 4.66. The molecule has 0 heterocycles. The Morgan fingerprint density at radius 3 is 2.57 bits per heavy atom. The van der Waals surface area contributed by atoms with Crippen LogP contribution in [0.1, 0.15) is 45.4 Å². The Labute approximate surface area is 187 Å². The zero-order valence-electron chi connectivity index (χ0n) is 16.2. The lowest BCUT2D eigenvalue weighted by molar-refractivity contribution is -0.144. The smallest absolute Gasteiger partial charge is 0.305 e. The Kier molecular flexibility index (Phi) is 14.2. The fraction of sp³-hybridized carbons (Fsp3) is 0.571. The molecule has 1 aromatic rings. The predicted molar refractivity (Wildman–Crippen MR) is 121 cm³/mol. The summed E-state index contributed by atoms with van der Waals surface area (Å²) in [5.74, 6) is 1.62. The van der Waals surface area contributed by atoms with Gasteiger partial charge in [-0.3, -0.25) is 4.79 Å². The number of ether oxygens (including phenoxy) is 1. The molecular weight excluding hydrogens is 439 g/mol. The van der Waals surface area contributed by atoms with E-state index in [0.29, 0.717) is 21.8 Å². The van der Waals surface area contributed by atoms with Crippen molar-refractivity contribution < 1.29 is 14.6 Å². The van der Waals surface area contributed by atoms with Crippen LogP contribution in [0, 0.1) is 5.92 Å². The third kappa shape index (κ3) is 12.2. The van der Waals surface area contributed by atoms with Gasteiger partial charge in [0.1, 0.15) is 6.61 Å². The number of carbonyl (C=O) groups is 1. The van der Waals surface area contributed by atoms with Crippen molar-refractivity contribution in [2.45, 2.75) is 55.7 Å². The molecule has 0 radical (unpaired) electrons. The average Bonchev–Trinajstić information content (AvgIpc) is 3.07. The Hall–Kier alpha value is -0.390. The molecule has 1 unspecified atom stereocenters. The molecule has 3 nitrogen and oxygen atoms in total. The molecule has 1 saturated carbocycles. The van der Waals surface area contributed by atoms with Gasteiger partial charge in [0.05, 0.1) is 6.61 Å². The maximum Gasteiger partial charge on any atom is 0.305 e. The average molecular weight is 468 g/mol. The monoisotopic (exact) mass is 466 g/mol. The van der Waals surface area contributed by atoms with Crippen LogP contribution in [0.25, 0.3) is 0 Å². The van der Waals surface area contributed by atoms with E-state index in [1.54, 1.807) is 6.07 Å². The Morgan fingerprint density at radius 1 is 1.29 bits per heavy atom. The number of unbranched alkanes of at least 4 members (excludes halogenated alkanes) is 1. The van der Waals surface area contributed by atoms with Crippen LogP contribution in [0.3, 0.4) is 0 Å². The first-order valence-electron chi connectivity index (χ1n) is 9.55. The van der Waals surface area contributed by atoms with E-state index in [9.17, 15) is 4.79 Å². The van der Waals surface area contributed by atoms with Gasteiger partial charge in [-0.2, -0.15) is 0 Å². The Morgan fingerprint density at radius 2 is 2.00 bits per heavy atom. The zero-order valence-corrected chi connectivity index (χ0v) is 19.3. The molecule has 1 aliphatic carbocycles. The van der Waals surface area contributed by atoms with Crippen molar-refractivity contribution in [3.8, 4) is 0 Å². The van der Waals surface area contributed by atoms with Crippen molar-refractivity contribution in [1.82, 2.24) is 0 Å². The molecule has 2 atom stereocenters. The highest BCUT2D eigenvalue weighted by Gasteiger charge is 2.22. The van der Waals surface area contributed by atoms with Crippen molar-refractivity contribution in [2.75, 3.05) is 19.0 Å². The number of thioether (sulfide) groups is 1. The second-order valence-electron chi connectivity index (χ2n) is 6.60. The minimum atomic E-state index is -0.228. The van der Waals surface area contributed by atoms with E-state index < -0.39 is 0 Å². The van der Waals surface area contributed by atoms with Crippen molar-refractivity contribution in [2.24, 2.45) is 5.92 Å². The molecule has 1 N–H and O–H groups in total. The summed E-state index contributed by atoms with van der Waals surface area (Å²) in [7, 11) is 0. The zero-order chi connectivity index (χ0) is 20.8. The van der Waals surface area contributed by atoms with Crippen LogP contribution < -0.4 is 0 Å². The summed E-state index contributed by atoms with van der Waals surface area (Å²) in [4.78, 5) is 12.0. The number of benzene rings is 1. The minimum Gasteiger partial charge on any atom is -0.463 e. The van der Waals surface area contributed by atoms with Gasteiger partial charge in [0.25, 0.3) is 0 Å². The van der Waals surface area contributed by atoms with E-state index in [2.05, 4.69) is 4.74 Å². The fourth-order valence-corrected chi connectivity index (χ4v) is 4.94. The van der Waals surface area contributed by atoms with E-state index in [0.717, 1.165) is 42.2 Å². The van der Waals surface area contributed by atoms with Crippen LogP contribution in [0.4, 0.5) is 0 Å². The van der Waals surface area contributed by atoms with Gasteiger partial charge in [0.15, 0.2) is 0 Å². The van der Waals surface area contributed by atoms with Crippen LogP contribution in [-0.4, -0.2) is 35.4 Å². The molecular formula is C21H29Cl3O3S. The standard InChI is InChI=1S/C12H13Cl3S.C9H16O3/c13-9-2-1-8(3-9)7-16-12-5-10(14)4-11(15)6-12;1-2-3-4-5-6-9(11)12-8-7-10/h4-6,8-9H,1-3,7H2;2-3,10H,4-8H2,1H3/b;3-2-/t8-,9?;/m0./s1. The summed E-state index contributed by atoms with van der Waals surface area (Å²) in [6, 6.07) is 5.69. The van der Waals surface area contributed by atoms with Gasteiger partial charge in [0, 0.05) is 32.5 Å². The van der Waals surface area contributed by atoms with E-state index in [1.165, 1.54) is 6.42 Å². The molecule has 1 fully saturated rings. The largest absolute Gasteiger partial charge is 0.463 e. The number of hydrogen-bond donors (Lipinski definition) is 1. The number of halogens is 3. The molecule has 0 amide bonds. The van der Waals surface area contributed by atoms with Crippen LogP contribution >= 0.6 is 46.6 Å². The molecule has 1 aliphatic rings. The lowest BCUT2D eigenvalue weighted by Gasteiger charge is -2.09. The van der Waals surface area contributed by atoms with E-state index in [1.807, 2.05) is 43.0 Å². The third-order valence-electron chi connectivity index (χ3n) is 4.14. The van der Waals surface area contributed by atoms with E-state index in [4.69, 9.17) is 39.9 Å². The Bertz CT molecular complexity index is 590. The SMILES string of the molecule is C/C=C\CCCC(=O)OCCO.Clc1cc(Cl)cc(SC[C@H]2CCC(Cl)C2)c1. The van der Waals surface area contributed by atoms with Gasteiger partial charge in [-0.05, 0) is 63.1 Å². The maximum atomic E-state index is 10.8. The van der Waals surface area contributed by atoms with Crippen molar-refractivity contribution >= 4 is 52.5 Å². The van der Waals surface area contributed by atoms with Gasteiger partial charge in [-0.1, -0.05) is 35.4 Å². The minimum absolute atomic E-state index is 0.0966. The van der Waals surface area contributed by atoms with Gasteiger partial charge in [-0.25, -0.2) is 0 Å². The molecule has 0 spiro atoms. The molecule has 7 heteroatoms. The van der Waals surface area contributed by atoms with Crippen LogP contribution in [0.2, 0.25) is 10.0 Å². The normalized spacial score (nSPS) is 18.8. The highest BCUT2D eigenvalue weighted by Crippen LogP contribution is 2.35. The molecule has 1 aromatic carbocycles. The number of hydrogen-bond acceptors (Lipinski definition) is 4.